The van der Waals surface area contributed by atoms with Crippen molar-refractivity contribution >= 4 is 39.0 Å². The number of alkyl halides is 3. The Bertz CT molecular complexity index is 1030. The topological polar surface area (TPSA) is 91.4 Å². The zero-order valence-electron chi connectivity index (χ0n) is 15.5. The second kappa shape index (κ2) is 8.78. The first-order chi connectivity index (χ1) is 14.1. The van der Waals surface area contributed by atoms with Crippen molar-refractivity contribution < 1.29 is 26.4 Å². The van der Waals surface area contributed by atoms with Crippen LogP contribution in [-0.2, 0) is 21.0 Å². The monoisotopic (exact) mass is 462 g/mol. The maximum atomic E-state index is 12.6. The summed E-state index contributed by atoms with van der Waals surface area (Å²) in [5, 5.41) is 2.46. The number of nitrogens with zero attached hydrogens (tertiary/aromatic N) is 2. The molecule has 0 bridgehead atoms. The van der Waals surface area contributed by atoms with Gasteiger partial charge in [0.2, 0.25) is 15.9 Å². The predicted octanol–water partition coefficient (Wildman–Crippen LogP) is 3.27. The van der Waals surface area contributed by atoms with Gasteiger partial charge >= 0.3 is 6.18 Å². The van der Waals surface area contributed by atoms with Crippen LogP contribution < -0.4 is 14.9 Å². The summed E-state index contributed by atoms with van der Waals surface area (Å²) in [4.78, 5) is 17.0. The van der Waals surface area contributed by atoms with Gasteiger partial charge in [0.15, 0.2) is 0 Å². The first kappa shape index (κ1) is 22.3. The van der Waals surface area contributed by atoms with Gasteiger partial charge in [-0.2, -0.15) is 13.2 Å². The quantitative estimate of drug-likeness (QED) is 0.616. The van der Waals surface area contributed by atoms with Gasteiger partial charge in [0.05, 0.1) is 15.5 Å². The maximum Gasteiger partial charge on any atom is 0.417 e. The van der Waals surface area contributed by atoms with Gasteiger partial charge in [0, 0.05) is 37.9 Å². The van der Waals surface area contributed by atoms with Gasteiger partial charge in [-0.25, -0.2) is 18.1 Å². The van der Waals surface area contributed by atoms with Crippen molar-refractivity contribution in [2.24, 2.45) is 0 Å². The predicted molar refractivity (Wildman–Crippen MR) is 106 cm³/mol. The zero-order valence-corrected chi connectivity index (χ0v) is 17.1. The molecule has 1 aromatic carbocycles. The molecule has 0 unspecified atom stereocenters. The SMILES string of the molecule is O=C1CCCN1c1ccc(S(=O)(=O)NCCNc2ncc(C(F)(F)F)cc2Cl)cc1. The number of nitrogens with one attached hydrogen (secondary N) is 2. The van der Waals surface area contributed by atoms with Crippen LogP contribution in [0.5, 0.6) is 0 Å². The van der Waals surface area contributed by atoms with Crippen LogP contribution in [0.15, 0.2) is 41.4 Å². The Morgan fingerprint density at radius 1 is 1.17 bits per heavy atom. The lowest BCUT2D eigenvalue weighted by Crippen LogP contribution is -2.29. The summed E-state index contributed by atoms with van der Waals surface area (Å²) < 4.78 is 65.0. The molecule has 3 rings (SSSR count). The molecule has 0 spiro atoms. The number of benzene rings is 1. The lowest BCUT2D eigenvalue weighted by Gasteiger charge is -2.16. The van der Waals surface area contributed by atoms with Crippen LogP contribution in [0, 0.1) is 0 Å². The fourth-order valence-corrected chi connectivity index (χ4v) is 4.16. The highest BCUT2D eigenvalue weighted by atomic mass is 35.5. The van der Waals surface area contributed by atoms with Gasteiger partial charge < -0.3 is 10.2 Å². The molecule has 1 aromatic heterocycles. The fraction of sp³-hybridized carbons (Fsp3) is 0.333. The zero-order chi connectivity index (χ0) is 21.9. The van der Waals surface area contributed by atoms with Crippen molar-refractivity contribution in [3.8, 4) is 0 Å². The number of halogens is 4. The minimum Gasteiger partial charge on any atom is -0.368 e. The largest absolute Gasteiger partial charge is 0.417 e. The van der Waals surface area contributed by atoms with Crippen molar-refractivity contribution in [3.05, 3.63) is 47.1 Å². The van der Waals surface area contributed by atoms with E-state index in [0.29, 0.717) is 24.8 Å². The summed E-state index contributed by atoms with van der Waals surface area (Å²) in [6, 6.07) is 6.70. The number of aromatic nitrogens is 1. The molecule has 1 aliphatic heterocycles. The first-order valence-electron chi connectivity index (χ1n) is 8.94. The highest BCUT2D eigenvalue weighted by Crippen LogP contribution is 2.32. The maximum absolute atomic E-state index is 12.6. The Hall–Kier alpha value is -2.37. The van der Waals surface area contributed by atoms with Crippen LogP contribution in [0.2, 0.25) is 5.02 Å². The lowest BCUT2D eigenvalue weighted by atomic mass is 10.3. The number of pyridine rings is 1. The summed E-state index contributed by atoms with van der Waals surface area (Å²) >= 11 is 5.79. The fourth-order valence-electron chi connectivity index (χ4n) is 2.90. The number of carbonyl (C=O) groups is 1. The summed E-state index contributed by atoms with van der Waals surface area (Å²) in [6.45, 7) is 0.612. The molecule has 2 N–H and O–H groups in total. The standard InChI is InChI=1S/C18H18ClF3N4O3S/c19-15-10-12(18(20,21)22)11-24-17(15)23-7-8-25-30(28,29)14-5-3-13(4-6-14)26-9-1-2-16(26)27/h3-6,10-11,25H,1-2,7-9H2,(H,23,24). The van der Waals surface area contributed by atoms with E-state index < -0.39 is 21.8 Å². The van der Waals surface area contributed by atoms with E-state index in [9.17, 15) is 26.4 Å². The molecule has 0 atom stereocenters. The molecule has 30 heavy (non-hydrogen) atoms. The molecular weight excluding hydrogens is 445 g/mol. The Morgan fingerprint density at radius 3 is 2.43 bits per heavy atom. The van der Waals surface area contributed by atoms with Gasteiger partial charge in [0.1, 0.15) is 5.82 Å². The van der Waals surface area contributed by atoms with Crippen molar-refractivity contribution in [2.45, 2.75) is 23.9 Å². The molecule has 12 heteroatoms. The molecule has 2 heterocycles. The van der Waals surface area contributed by atoms with E-state index in [1.54, 1.807) is 17.0 Å². The number of sulfonamides is 1. The van der Waals surface area contributed by atoms with Crippen LogP contribution in [0.3, 0.4) is 0 Å². The minimum atomic E-state index is -4.55. The number of hydrogen-bond donors (Lipinski definition) is 2. The number of anilines is 2. The van der Waals surface area contributed by atoms with E-state index in [1.165, 1.54) is 12.1 Å². The third-order valence-electron chi connectivity index (χ3n) is 4.41. The number of amides is 1. The van der Waals surface area contributed by atoms with E-state index in [0.717, 1.165) is 12.5 Å². The number of hydrogen-bond acceptors (Lipinski definition) is 5. The molecule has 0 saturated carbocycles. The molecule has 7 nitrogen and oxygen atoms in total. The highest BCUT2D eigenvalue weighted by Gasteiger charge is 2.31. The lowest BCUT2D eigenvalue weighted by molar-refractivity contribution is -0.137. The average Bonchev–Trinajstić information content (AvgIpc) is 3.11. The number of rotatable bonds is 7. The van der Waals surface area contributed by atoms with E-state index in [2.05, 4.69) is 15.0 Å². The van der Waals surface area contributed by atoms with Crippen molar-refractivity contribution in [1.29, 1.82) is 0 Å². The van der Waals surface area contributed by atoms with Crippen LogP contribution in [0.4, 0.5) is 24.7 Å². The molecule has 0 aliphatic carbocycles. The molecule has 2 aromatic rings. The summed E-state index contributed by atoms with van der Waals surface area (Å²) in [7, 11) is -3.80. The smallest absolute Gasteiger partial charge is 0.368 e. The average molecular weight is 463 g/mol. The Labute approximate surface area is 176 Å². The van der Waals surface area contributed by atoms with Crippen LogP contribution >= 0.6 is 11.6 Å². The van der Waals surface area contributed by atoms with E-state index >= 15 is 0 Å². The Kier molecular flexibility index (Phi) is 6.53. The van der Waals surface area contributed by atoms with E-state index in [1.807, 2.05) is 0 Å². The van der Waals surface area contributed by atoms with Crippen molar-refractivity contribution in [3.63, 3.8) is 0 Å². The van der Waals surface area contributed by atoms with E-state index in [4.69, 9.17) is 11.6 Å². The van der Waals surface area contributed by atoms with Gasteiger partial charge in [-0.15, -0.1) is 0 Å². The third kappa shape index (κ3) is 5.21. The third-order valence-corrected chi connectivity index (χ3v) is 6.18. The van der Waals surface area contributed by atoms with Gasteiger partial charge in [-0.3, -0.25) is 4.79 Å². The molecule has 0 radical (unpaired) electrons. The van der Waals surface area contributed by atoms with Gasteiger partial charge in [-0.1, -0.05) is 11.6 Å². The first-order valence-corrected chi connectivity index (χ1v) is 10.8. The van der Waals surface area contributed by atoms with Crippen molar-refractivity contribution in [1.82, 2.24) is 9.71 Å². The Balaban J connectivity index is 1.55. The van der Waals surface area contributed by atoms with E-state index in [-0.39, 0.29) is 34.7 Å². The molecule has 1 fully saturated rings. The summed E-state index contributed by atoms with van der Waals surface area (Å²) in [5.41, 5.74) is -0.334. The van der Waals surface area contributed by atoms with Crippen molar-refractivity contribution in [2.75, 3.05) is 29.9 Å². The summed E-state index contributed by atoms with van der Waals surface area (Å²) in [6.07, 6.45) is -2.66. The molecule has 1 saturated heterocycles. The highest BCUT2D eigenvalue weighted by molar-refractivity contribution is 7.89. The van der Waals surface area contributed by atoms with Crippen LogP contribution in [0.25, 0.3) is 0 Å². The molecule has 1 amide bonds. The molecule has 1 aliphatic rings. The molecule has 162 valence electrons. The van der Waals surface area contributed by atoms with Gasteiger partial charge in [0.25, 0.3) is 0 Å². The normalized spacial score (nSPS) is 14.9. The molecular formula is C18H18ClF3N4O3S. The van der Waals surface area contributed by atoms with Gasteiger partial charge in [-0.05, 0) is 36.8 Å². The van der Waals surface area contributed by atoms with Crippen LogP contribution in [-0.4, -0.2) is 38.9 Å². The minimum absolute atomic E-state index is 0.00495. The number of carbonyl (C=O) groups excluding carboxylic acids is 1. The second-order valence-corrected chi connectivity index (χ2v) is 8.69. The summed E-state index contributed by atoms with van der Waals surface area (Å²) in [5.74, 6) is 0.0221. The second-order valence-electron chi connectivity index (χ2n) is 6.52. The Morgan fingerprint density at radius 2 is 1.87 bits per heavy atom. The van der Waals surface area contributed by atoms with Crippen LogP contribution in [0.1, 0.15) is 18.4 Å².